The zero-order chi connectivity index (χ0) is 17.5. The summed E-state index contributed by atoms with van der Waals surface area (Å²) in [6, 6.07) is 0.887. The van der Waals surface area contributed by atoms with E-state index in [-0.39, 0.29) is 0 Å². The summed E-state index contributed by atoms with van der Waals surface area (Å²) in [6.45, 7) is 12.8. The highest BCUT2D eigenvalue weighted by Gasteiger charge is 2.36. The van der Waals surface area contributed by atoms with Gasteiger partial charge in [-0.15, -0.1) is 0 Å². The number of nitrogens with zero attached hydrogens (tertiary/aromatic N) is 1. The first-order valence-corrected chi connectivity index (χ1v) is 11.2. The number of hydrogen-bond donors (Lipinski definition) is 0. The molecule has 0 aromatic heterocycles. The van der Waals surface area contributed by atoms with Crippen molar-refractivity contribution in [2.75, 3.05) is 32.8 Å². The van der Waals surface area contributed by atoms with Crippen molar-refractivity contribution in [1.82, 2.24) is 0 Å². The lowest BCUT2D eigenvalue weighted by Gasteiger charge is -2.47. The summed E-state index contributed by atoms with van der Waals surface area (Å²) >= 11 is 0. The minimum absolute atomic E-state index is 0.887. The van der Waals surface area contributed by atoms with Crippen molar-refractivity contribution < 1.29 is 9.22 Å². The summed E-state index contributed by atoms with van der Waals surface area (Å²) in [6.07, 6.45) is 18.7. The molecule has 2 heteroatoms. The van der Waals surface area contributed by atoms with Crippen LogP contribution in [0.5, 0.6) is 0 Å². The smallest absolute Gasteiger partial charge is 0.103 e. The average molecular weight is 341 g/mol. The number of ether oxygens (including phenoxy) is 1. The molecule has 0 aliphatic carbocycles. The third kappa shape index (κ3) is 8.34. The quantitative estimate of drug-likeness (QED) is 0.250. The molecule has 0 N–H and O–H groups in total. The van der Waals surface area contributed by atoms with E-state index < -0.39 is 0 Å². The largest absolute Gasteiger partial charge is 0.370 e. The van der Waals surface area contributed by atoms with Crippen LogP contribution < -0.4 is 0 Å². The minimum Gasteiger partial charge on any atom is -0.370 e. The van der Waals surface area contributed by atoms with E-state index in [0.717, 1.165) is 19.3 Å². The summed E-state index contributed by atoms with van der Waals surface area (Å²) in [4.78, 5) is 0. The van der Waals surface area contributed by atoms with Crippen molar-refractivity contribution in [2.24, 2.45) is 0 Å². The second-order valence-corrected chi connectivity index (χ2v) is 8.01. The van der Waals surface area contributed by atoms with E-state index in [1.165, 1.54) is 108 Å². The summed E-state index contributed by atoms with van der Waals surface area (Å²) in [7, 11) is 0. The number of rotatable bonds is 15. The van der Waals surface area contributed by atoms with Gasteiger partial charge < -0.3 is 9.22 Å². The zero-order valence-corrected chi connectivity index (χ0v) is 17.2. The molecule has 0 aromatic carbocycles. The van der Waals surface area contributed by atoms with Gasteiger partial charge in [-0.25, -0.2) is 0 Å². The predicted molar refractivity (Wildman–Crippen MR) is 107 cm³/mol. The van der Waals surface area contributed by atoms with Gasteiger partial charge in [0, 0.05) is 0 Å². The summed E-state index contributed by atoms with van der Waals surface area (Å²) in [5.41, 5.74) is 0. The maximum Gasteiger partial charge on any atom is 0.103 e. The van der Waals surface area contributed by atoms with Crippen molar-refractivity contribution in [2.45, 2.75) is 110 Å². The van der Waals surface area contributed by atoms with Gasteiger partial charge in [-0.2, -0.15) is 0 Å². The van der Waals surface area contributed by atoms with Crippen molar-refractivity contribution in [3.63, 3.8) is 0 Å². The topological polar surface area (TPSA) is 9.23 Å². The van der Waals surface area contributed by atoms with Crippen LogP contribution >= 0.6 is 0 Å². The first-order valence-electron chi connectivity index (χ1n) is 11.2. The van der Waals surface area contributed by atoms with E-state index in [0.29, 0.717) is 0 Å². The summed E-state index contributed by atoms with van der Waals surface area (Å²) in [5, 5.41) is 0. The highest BCUT2D eigenvalue weighted by atomic mass is 16.5. The van der Waals surface area contributed by atoms with Gasteiger partial charge in [-0.05, 0) is 26.2 Å². The molecular weight excluding hydrogens is 294 g/mol. The Morgan fingerprint density at radius 3 is 1.71 bits per heavy atom. The second kappa shape index (κ2) is 14.1. The molecule has 0 aromatic rings. The number of quaternary nitrogens is 1. The fraction of sp³-hybridized carbons (Fsp3) is 1.00. The van der Waals surface area contributed by atoms with Crippen molar-refractivity contribution >= 4 is 0 Å². The van der Waals surface area contributed by atoms with Crippen LogP contribution in [-0.2, 0) is 4.74 Å². The van der Waals surface area contributed by atoms with E-state index in [1.807, 2.05) is 0 Å². The Morgan fingerprint density at radius 2 is 1.21 bits per heavy atom. The molecule has 1 fully saturated rings. The van der Waals surface area contributed by atoms with Crippen LogP contribution in [0.25, 0.3) is 0 Å². The van der Waals surface area contributed by atoms with Crippen LogP contribution in [0.15, 0.2) is 0 Å². The SMILES string of the molecule is CCCCCCCCCCCCC(CCC)[N+]1(CC)CCOCC1. The van der Waals surface area contributed by atoms with E-state index in [2.05, 4.69) is 20.8 Å². The molecular formula is C22H46NO+. The molecule has 1 saturated heterocycles. The van der Waals surface area contributed by atoms with Gasteiger partial charge in [0.15, 0.2) is 0 Å². The molecule has 0 saturated carbocycles. The normalized spacial score (nSPS) is 18.6. The molecule has 0 amide bonds. The maximum absolute atomic E-state index is 5.64. The zero-order valence-electron chi connectivity index (χ0n) is 17.2. The van der Waals surface area contributed by atoms with Gasteiger partial charge >= 0.3 is 0 Å². The van der Waals surface area contributed by atoms with Crippen LogP contribution in [0.3, 0.4) is 0 Å². The summed E-state index contributed by atoms with van der Waals surface area (Å²) in [5.74, 6) is 0. The molecule has 0 spiro atoms. The molecule has 144 valence electrons. The fourth-order valence-corrected chi connectivity index (χ4v) is 4.54. The van der Waals surface area contributed by atoms with Gasteiger partial charge in [-0.1, -0.05) is 78.1 Å². The van der Waals surface area contributed by atoms with Crippen molar-refractivity contribution in [3.05, 3.63) is 0 Å². The number of unbranched alkanes of at least 4 members (excludes halogenated alkanes) is 9. The Bertz CT molecular complexity index is 273. The van der Waals surface area contributed by atoms with E-state index in [1.54, 1.807) is 0 Å². The monoisotopic (exact) mass is 340 g/mol. The third-order valence-corrected chi connectivity index (χ3v) is 6.28. The predicted octanol–water partition coefficient (Wildman–Crippen LogP) is 6.33. The molecule has 2 nitrogen and oxygen atoms in total. The van der Waals surface area contributed by atoms with Gasteiger partial charge in [0.2, 0.25) is 0 Å². The number of morpholine rings is 1. The van der Waals surface area contributed by atoms with Crippen molar-refractivity contribution in [3.8, 4) is 0 Å². The van der Waals surface area contributed by atoms with Crippen LogP contribution in [0.4, 0.5) is 0 Å². The van der Waals surface area contributed by atoms with Crippen LogP contribution in [0.1, 0.15) is 104 Å². The average Bonchev–Trinajstić information content (AvgIpc) is 2.63. The molecule has 0 radical (unpaired) electrons. The molecule has 24 heavy (non-hydrogen) atoms. The van der Waals surface area contributed by atoms with E-state index in [4.69, 9.17) is 4.74 Å². The lowest BCUT2D eigenvalue weighted by Crippen LogP contribution is -2.60. The third-order valence-electron chi connectivity index (χ3n) is 6.28. The van der Waals surface area contributed by atoms with Gasteiger partial charge in [0.25, 0.3) is 0 Å². The van der Waals surface area contributed by atoms with E-state index >= 15 is 0 Å². The molecule has 1 aliphatic heterocycles. The van der Waals surface area contributed by atoms with Crippen LogP contribution in [0, 0.1) is 0 Å². The Balaban J connectivity index is 2.15. The van der Waals surface area contributed by atoms with Crippen LogP contribution in [-0.4, -0.2) is 43.4 Å². The highest BCUT2D eigenvalue weighted by Crippen LogP contribution is 2.25. The first-order chi connectivity index (χ1) is 11.8. The Morgan fingerprint density at radius 1 is 0.667 bits per heavy atom. The molecule has 1 heterocycles. The van der Waals surface area contributed by atoms with Gasteiger partial charge in [0.05, 0.1) is 25.8 Å². The van der Waals surface area contributed by atoms with Gasteiger partial charge in [-0.3, -0.25) is 0 Å². The molecule has 1 rings (SSSR count). The van der Waals surface area contributed by atoms with Crippen molar-refractivity contribution in [1.29, 1.82) is 0 Å². The molecule has 1 aliphatic rings. The standard InChI is InChI=1S/C22H46NO/c1-4-7-8-9-10-11-12-13-14-15-17-22(16-5-2)23(6-3)18-20-24-21-19-23/h22H,4-21H2,1-3H3/q+1. The Hall–Kier alpha value is -0.0800. The van der Waals surface area contributed by atoms with Gasteiger partial charge in [0.1, 0.15) is 13.1 Å². The molecule has 0 bridgehead atoms. The Kier molecular flexibility index (Phi) is 12.9. The fourth-order valence-electron chi connectivity index (χ4n) is 4.54. The minimum atomic E-state index is 0.887. The lowest BCUT2D eigenvalue weighted by atomic mass is 9.97. The lowest BCUT2D eigenvalue weighted by molar-refractivity contribution is -0.957. The number of hydrogen-bond acceptors (Lipinski definition) is 1. The molecule has 1 atom stereocenters. The summed E-state index contributed by atoms with van der Waals surface area (Å²) < 4.78 is 6.98. The van der Waals surface area contributed by atoms with E-state index in [9.17, 15) is 0 Å². The Labute approximate surface area is 152 Å². The molecule has 1 unspecified atom stereocenters. The van der Waals surface area contributed by atoms with Crippen LogP contribution in [0.2, 0.25) is 0 Å². The number of likely N-dealkylation sites (N-methyl/N-ethyl adjacent to an activating group) is 1. The maximum atomic E-state index is 5.64. The highest BCUT2D eigenvalue weighted by molar-refractivity contribution is 4.64. The first kappa shape index (κ1) is 22.0. The second-order valence-electron chi connectivity index (χ2n) is 8.01.